The summed E-state index contributed by atoms with van der Waals surface area (Å²) in [5, 5.41) is 3.03. The summed E-state index contributed by atoms with van der Waals surface area (Å²) in [5.74, 6) is 0.603. The van der Waals surface area contributed by atoms with Crippen LogP contribution >= 0.6 is 0 Å². The van der Waals surface area contributed by atoms with Crippen LogP contribution in [0, 0.1) is 20.8 Å². The van der Waals surface area contributed by atoms with Crippen LogP contribution in [0.4, 0.5) is 0 Å². The quantitative estimate of drug-likeness (QED) is 0.896. The Morgan fingerprint density at radius 2 is 1.70 bits per heavy atom. The highest BCUT2D eigenvalue weighted by atomic mass is 16.5. The molecule has 122 valence electrons. The second-order valence-corrected chi connectivity index (χ2v) is 6.17. The van der Waals surface area contributed by atoms with Crippen molar-refractivity contribution in [3.63, 3.8) is 0 Å². The lowest BCUT2D eigenvalue weighted by Crippen LogP contribution is -2.38. The van der Waals surface area contributed by atoms with Crippen LogP contribution in [-0.4, -0.2) is 12.0 Å². The van der Waals surface area contributed by atoms with Gasteiger partial charge in [-0.15, -0.1) is 0 Å². The highest BCUT2D eigenvalue weighted by Gasteiger charge is 2.18. The number of carbonyl (C=O) groups is 1. The van der Waals surface area contributed by atoms with Crippen molar-refractivity contribution in [3.05, 3.63) is 64.7 Å². The molecule has 0 unspecified atom stereocenters. The van der Waals surface area contributed by atoms with Gasteiger partial charge in [0.15, 0.2) is 6.10 Å². The molecule has 2 atom stereocenters. The third kappa shape index (κ3) is 4.59. The zero-order chi connectivity index (χ0) is 17.0. The van der Waals surface area contributed by atoms with Gasteiger partial charge in [-0.25, -0.2) is 0 Å². The molecule has 2 rings (SSSR count). The van der Waals surface area contributed by atoms with Gasteiger partial charge < -0.3 is 10.1 Å². The lowest BCUT2D eigenvalue weighted by atomic mass is 10.0. The molecule has 0 spiro atoms. The smallest absolute Gasteiger partial charge is 0.261 e. The van der Waals surface area contributed by atoms with E-state index in [-0.39, 0.29) is 11.9 Å². The van der Waals surface area contributed by atoms with Crippen molar-refractivity contribution in [1.29, 1.82) is 0 Å². The fourth-order valence-corrected chi connectivity index (χ4v) is 2.67. The lowest BCUT2D eigenvalue weighted by Gasteiger charge is -2.20. The van der Waals surface area contributed by atoms with Crippen molar-refractivity contribution < 1.29 is 9.53 Å². The molecule has 0 aromatic heterocycles. The van der Waals surface area contributed by atoms with E-state index in [1.54, 1.807) is 6.92 Å². The molecule has 1 amide bonds. The van der Waals surface area contributed by atoms with Gasteiger partial charge in [-0.2, -0.15) is 0 Å². The summed E-state index contributed by atoms with van der Waals surface area (Å²) in [6, 6.07) is 13.9. The summed E-state index contributed by atoms with van der Waals surface area (Å²) < 4.78 is 5.73. The molecule has 0 saturated carbocycles. The van der Waals surface area contributed by atoms with Crippen molar-refractivity contribution >= 4 is 5.91 Å². The van der Waals surface area contributed by atoms with Gasteiger partial charge >= 0.3 is 0 Å². The van der Waals surface area contributed by atoms with Crippen molar-refractivity contribution in [2.45, 2.75) is 46.8 Å². The fourth-order valence-electron chi connectivity index (χ4n) is 2.67. The number of nitrogens with one attached hydrogen (secondary N) is 1. The van der Waals surface area contributed by atoms with Gasteiger partial charge in [-0.05, 0) is 63.4 Å². The molecular formula is C20H25NO2. The molecule has 0 bridgehead atoms. The largest absolute Gasteiger partial charge is 0.481 e. The Morgan fingerprint density at radius 3 is 2.35 bits per heavy atom. The Kier molecular flexibility index (Phi) is 5.43. The number of hydrogen-bond donors (Lipinski definition) is 1. The highest BCUT2D eigenvalue weighted by Crippen LogP contribution is 2.19. The van der Waals surface area contributed by atoms with E-state index in [0.29, 0.717) is 5.75 Å². The monoisotopic (exact) mass is 311 g/mol. The Hall–Kier alpha value is -2.29. The lowest BCUT2D eigenvalue weighted by molar-refractivity contribution is -0.127. The maximum absolute atomic E-state index is 12.4. The Labute approximate surface area is 138 Å². The zero-order valence-electron chi connectivity index (χ0n) is 14.5. The maximum atomic E-state index is 12.4. The first-order valence-corrected chi connectivity index (χ1v) is 7.97. The summed E-state index contributed by atoms with van der Waals surface area (Å²) in [7, 11) is 0. The zero-order valence-corrected chi connectivity index (χ0v) is 14.5. The molecule has 2 aromatic carbocycles. The Bertz CT molecular complexity index is 694. The minimum Gasteiger partial charge on any atom is -0.481 e. The third-order valence-electron chi connectivity index (χ3n) is 3.92. The molecule has 0 radical (unpaired) electrons. The number of ether oxygens (including phenoxy) is 1. The van der Waals surface area contributed by atoms with E-state index in [4.69, 9.17) is 4.74 Å². The molecule has 0 aliphatic carbocycles. The number of carbonyl (C=O) groups excluding carboxylic acids is 1. The highest BCUT2D eigenvalue weighted by molar-refractivity contribution is 5.81. The van der Waals surface area contributed by atoms with E-state index in [9.17, 15) is 4.79 Å². The van der Waals surface area contributed by atoms with E-state index >= 15 is 0 Å². The van der Waals surface area contributed by atoms with Crippen LogP contribution in [0.1, 0.15) is 42.1 Å². The van der Waals surface area contributed by atoms with Crippen molar-refractivity contribution in [2.24, 2.45) is 0 Å². The first kappa shape index (κ1) is 17.1. The third-order valence-corrected chi connectivity index (χ3v) is 3.92. The van der Waals surface area contributed by atoms with Gasteiger partial charge in [0.2, 0.25) is 0 Å². The standard InChI is InChI=1S/C20H25NO2/c1-13-7-6-8-18(12-13)23-17(5)20(22)21-16(4)19-10-9-14(2)11-15(19)3/h6-12,16-17H,1-5H3,(H,21,22)/t16-,17-/m0/s1. The van der Waals surface area contributed by atoms with Gasteiger partial charge in [-0.3, -0.25) is 4.79 Å². The second kappa shape index (κ2) is 7.32. The Balaban J connectivity index is 2.00. The predicted octanol–water partition coefficient (Wildman–Crippen LogP) is 4.26. The van der Waals surface area contributed by atoms with Crippen molar-refractivity contribution in [2.75, 3.05) is 0 Å². The SMILES string of the molecule is Cc1cccc(O[C@@H](C)C(=O)N[C@@H](C)c2ccc(C)cc2C)c1. The fraction of sp³-hybridized carbons (Fsp3) is 0.350. The van der Waals surface area contributed by atoms with Crippen LogP contribution in [0.5, 0.6) is 5.75 Å². The van der Waals surface area contributed by atoms with E-state index in [1.807, 2.05) is 38.1 Å². The average molecular weight is 311 g/mol. The van der Waals surface area contributed by atoms with Gasteiger partial charge in [0.1, 0.15) is 5.75 Å². The number of hydrogen-bond acceptors (Lipinski definition) is 2. The van der Waals surface area contributed by atoms with E-state index in [2.05, 4.69) is 37.4 Å². The molecule has 0 saturated heterocycles. The van der Waals surface area contributed by atoms with Crippen LogP contribution in [0.2, 0.25) is 0 Å². The number of rotatable bonds is 5. The molecule has 0 aliphatic rings. The van der Waals surface area contributed by atoms with Gasteiger partial charge in [0, 0.05) is 0 Å². The molecule has 0 fully saturated rings. The molecule has 2 aromatic rings. The van der Waals surface area contributed by atoms with E-state index in [1.165, 1.54) is 11.1 Å². The van der Waals surface area contributed by atoms with Crippen molar-refractivity contribution in [3.8, 4) is 5.75 Å². The summed E-state index contributed by atoms with van der Waals surface area (Å²) in [4.78, 5) is 12.4. The summed E-state index contributed by atoms with van der Waals surface area (Å²) >= 11 is 0. The molecule has 3 nitrogen and oxygen atoms in total. The molecule has 0 heterocycles. The summed E-state index contributed by atoms with van der Waals surface area (Å²) in [6.45, 7) is 9.90. The first-order chi connectivity index (χ1) is 10.9. The minimum absolute atomic E-state index is 0.0494. The Morgan fingerprint density at radius 1 is 1.00 bits per heavy atom. The average Bonchev–Trinajstić information content (AvgIpc) is 2.46. The number of amides is 1. The van der Waals surface area contributed by atoms with Crippen LogP contribution in [0.3, 0.4) is 0 Å². The molecule has 0 aliphatic heterocycles. The molecule has 1 N–H and O–H groups in total. The van der Waals surface area contributed by atoms with Crippen molar-refractivity contribution in [1.82, 2.24) is 5.32 Å². The molecule has 3 heteroatoms. The first-order valence-electron chi connectivity index (χ1n) is 7.97. The van der Waals surface area contributed by atoms with Crippen LogP contribution in [-0.2, 0) is 4.79 Å². The van der Waals surface area contributed by atoms with Gasteiger partial charge in [-0.1, -0.05) is 35.9 Å². The minimum atomic E-state index is -0.537. The van der Waals surface area contributed by atoms with Crippen LogP contribution in [0.15, 0.2) is 42.5 Å². The topological polar surface area (TPSA) is 38.3 Å². The van der Waals surface area contributed by atoms with Crippen LogP contribution in [0.25, 0.3) is 0 Å². The van der Waals surface area contributed by atoms with Crippen LogP contribution < -0.4 is 10.1 Å². The van der Waals surface area contributed by atoms with E-state index in [0.717, 1.165) is 11.1 Å². The van der Waals surface area contributed by atoms with Gasteiger partial charge in [0.05, 0.1) is 6.04 Å². The van der Waals surface area contributed by atoms with E-state index < -0.39 is 6.10 Å². The molecule has 23 heavy (non-hydrogen) atoms. The summed E-state index contributed by atoms with van der Waals surface area (Å²) in [5.41, 5.74) is 4.65. The summed E-state index contributed by atoms with van der Waals surface area (Å²) in [6.07, 6.45) is -0.537. The number of benzene rings is 2. The second-order valence-electron chi connectivity index (χ2n) is 6.17. The van der Waals surface area contributed by atoms with Gasteiger partial charge in [0.25, 0.3) is 5.91 Å². The molecular weight excluding hydrogens is 286 g/mol. The maximum Gasteiger partial charge on any atom is 0.261 e. The normalized spacial score (nSPS) is 13.3. The predicted molar refractivity (Wildman–Crippen MR) is 93.7 cm³/mol. The number of aryl methyl sites for hydroxylation is 3.